The summed E-state index contributed by atoms with van der Waals surface area (Å²) in [7, 11) is 0. The van der Waals surface area contributed by atoms with Gasteiger partial charge < -0.3 is 10.1 Å². The largest absolute Gasteiger partial charge is 0.457 e. The van der Waals surface area contributed by atoms with Gasteiger partial charge in [0.1, 0.15) is 11.5 Å². The molecule has 1 atom stereocenters. The minimum atomic E-state index is -2.64. The fourth-order valence-corrected chi connectivity index (χ4v) is 2.72. The Balaban J connectivity index is 1.72. The maximum atomic E-state index is 12.8. The lowest BCUT2D eigenvalue weighted by molar-refractivity contribution is 0.0563. The number of alkyl halides is 2. The van der Waals surface area contributed by atoms with Crippen LogP contribution in [-0.2, 0) is 0 Å². The van der Waals surface area contributed by atoms with E-state index in [-0.39, 0.29) is 6.04 Å². The molecular formula is C20H21F2N3O. The van der Waals surface area contributed by atoms with Gasteiger partial charge in [-0.05, 0) is 43.2 Å². The van der Waals surface area contributed by atoms with Gasteiger partial charge in [0.15, 0.2) is 0 Å². The Bertz CT molecular complexity index is 832. The van der Waals surface area contributed by atoms with Crippen molar-refractivity contribution in [2.24, 2.45) is 0 Å². The summed E-state index contributed by atoms with van der Waals surface area (Å²) < 4.78 is 32.0. The molecule has 0 aliphatic rings. The van der Waals surface area contributed by atoms with Gasteiger partial charge in [-0.15, -0.1) is 0 Å². The predicted molar refractivity (Wildman–Crippen MR) is 97.8 cm³/mol. The van der Waals surface area contributed by atoms with Crippen molar-refractivity contribution < 1.29 is 13.5 Å². The van der Waals surface area contributed by atoms with Crippen LogP contribution in [-0.4, -0.2) is 9.78 Å². The third-order valence-electron chi connectivity index (χ3n) is 4.12. The highest BCUT2D eigenvalue weighted by atomic mass is 19.3. The zero-order chi connectivity index (χ0) is 18.5. The maximum absolute atomic E-state index is 12.8. The van der Waals surface area contributed by atoms with Crippen molar-refractivity contribution in [3.63, 3.8) is 0 Å². The van der Waals surface area contributed by atoms with E-state index in [1.54, 1.807) is 6.92 Å². The van der Waals surface area contributed by atoms with Crippen molar-refractivity contribution in [1.82, 2.24) is 9.78 Å². The van der Waals surface area contributed by atoms with E-state index in [0.717, 1.165) is 23.5 Å². The van der Waals surface area contributed by atoms with Crippen LogP contribution in [0.1, 0.15) is 37.2 Å². The molecule has 0 radical (unpaired) electrons. The van der Waals surface area contributed by atoms with E-state index >= 15 is 0 Å². The highest BCUT2D eigenvalue weighted by molar-refractivity contribution is 5.48. The molecule has 1 unspecified atom stereocenters. The molecule has 0 spiro atoms. The first-order chi connectivity index (χ1) is 12.6. The first-order valence-corrected chi connectivity index (χ1v) is 8.50. The van der Waals surface area contributed by atoms with E-state index in [4.69, 9.17) is 4.74 Å². The zero-order valence-electron chi connectivity index (χ0n) is 14.7. The van der Waals surface area contributed by atoms with Crippen molar-refractivity contribution in [1.29, 1.82) is 0 Å². The molecule has 26 heavy (non-hydrogen) atoms. The lowest BCUT2D eigenvalue weighted by atomic mass is 10.0. The van der Waals surface area contributed by atoms with Crippen molar-refractivity contribution in [2.45, 2.75) is 32.9 Å². The molecule has 2 aromatic carbocycles. The molecular weight excluding hydrogens is 336 g/mol. The Morgan fingerprint density at radius 1 is 1.04 bits per heavy atom. The second-order valence-corrected chi connectivity index (χ2v) is 5.98. The van der Waals surface area contributed by atoms with Crippen LogP contribution in [0.2, 0.25) is 0 Å². The molecule has 1 aromatic heterocycles. The highest BCUT2D eigenvalue weighted by Crippen LogP contribution is 2.28. The van der Waals surface area contributed by atoms with Crippen LogP contribution in [0.4, 0.5) is 14.5 Å². The van der Waals surface area contributed by atoms with Crippen LogP contribution in [0, 0.1) is 6.92 Å². The number of aryl methyl sites for hydroxylation is 1. The number of halogens is 2. The van der Waals surface area contributed by atoms with Crippen LogP contribution >= 0.6 is 0 Å². The number of benzene rings is 2. The summed E-state index contributed by atoms with van der Waals surface area (Å²) in [5.74, 6) is 1.52. The van der Waals surface area contributed by atoms with Gasteiger partial charge in [0.25, 0.3) is 0 Å². The molecule has 0 aliphatic heterocycles. The van der Waals surface area contributed by atoms with E-state index in [0.29, 0.717) is 16.1 Å². The van der Waals surface area contributed by atoms with E-state index < -0.39 is 6.55 Å². The highest BCUT2D eigenvalue weighted by Gasteiger charge is 2.15. The van der Waals surface area contributed by atoms with Crippen molar-refractivity contribution in [3.8, 4) is 11.5 Å². The van der Waals surface area contributed by atoms with Gasteiger partial charge in [-0.25, -0.2) is 4.68 Å². The molecule has 1 N–H and O–H groups in total. The predicted octanol–water partition coefficient (Wildman–Crippen LogP) is 5.94. The summed E-state index contributed by atoms with van der Waals surface area (Å²) in [6.07, 6.45) is 2.15. The third kappa shape index (κ3) is 4.20. The minimum absolute atomic E-state index is 0.00482. The van der Waals surface area contributed by atoms with Crippen LogP contribution in [0.3, 0.4) is 0 Å². The quantitative estimate of drug-likeness (QED) is 0.568. The number of rotatable bonds is 7. The Labute approximate surface area is 151 Å². The first kappa shape index (κ1) is 17.9. The molecule has 0 aliphatic carbocycles. The average molecular weight is 357 g/mol. The second-order valence-electron chi connectivity index (χ2n) is 5.98. The van der Waals surface area contributed by atoms with Gasteiger partial charge in [-0.2, -0.15) is 13.9 Å². The van der Waals surface area contributed by atoms with E-state index in [9.17, 15) is 8.78 Å². The van der Waals surface area contributed by atoms with E-state index in [1.165, 1.54) is 6.20 Å². The lowest BCUT2D eigenvalue weighted by Crippen LogP contribution is -2.09. The summed E-state index contributed by atoms with van der Waals surface area (Å²) in [5, 5.41) is 7.14. The van der Waals surface area contributed by atoms with E-state index in [1.807, 2.05) is 61.5 Å². The molecule has 3 aromatic rings. The van der Waals surface area contributed by atoms with Crippen LogP contribution in [0.25, 0.3) is 0 Å². The third-order valence-corrected chi connectivity index (χ3v) is 4.12. The number of hydrogen-bond acceptors (Lipinski definition) is 3. The molecule has 0 saturated carbocycles. The fraction of sp³-hybridized carbons (Fsp3) is 0.250. The van der Waals surface area contributed by atoms with Gasteiger partial charge in [0.2, 0.25) is 0 Å². The summed E-state index contributed by atoms with van der Waals surface area (Å²) in [6, 6.07) is 17.3. The monoisotopic (exact) mass is 357 g/mol. The van der Waals surface area contributed by atoms with Crippen LogP contribution in [0.15, 0.2) is 60.8 Å². The standard InChI is InChI=1S/C20H21F2N3O/c1-3-18(23-19-13-25(20(21)22)24-14(19)2)15-9-11-17(12-10-15)26-16-7-5-4-6-8-16/h4-13,18,20,23H,3H2,1-2H3. The number of nitrogens with one attached hydrogen (secondary N) is 1. The summed E-state index contributed by atoms with van der Waals surface area (Å²) in [6.45, 7) is 1.11. The smallest absolute Gasteiger partial charge is 0.333 e. The van der Waals surface area contributed by atoms with Crippen molar-refractivity contribution in [2.75, 3.05) is 5.32 Å². The zero-order valence-corrected chi connectivity index (χ0v) is 14.7. The van der Waals surface area contributed by atoms with Crippen molar-refractivity contribution >= 4 is 5.69 Å². The van der Waals surface area contributed by atoms with Crippen molar-refractivity contribution in [3.05, 3.63) is 72.1 Å². The summed E-state index contributed by atoms with van der Waals surface area (Å²) in [5.41, 5.74) is 2.21. The average Bonchev–Trinajstić information content (AvgIpc) is 3.02. The number of nitrogens with zero attached hydrogens (tertiary/aromatic N) is 2. The molecule has 4 nitrogen and oxygen atoms in total. The Hall–Kier alpha value is -2.89. The number of aromatic nitrogens is 2. The number of hydrogen-bond donors (Lipinski definition) is 1. The Kier molecular flexibility index (Phi) is 5.51. The molecule has 0 amide bonds. The van der Waals surface area contributed by atoms with Gasteiger partial charge in [-0.1, -0.05) is 37.3 Å². The van der Waals surface area contributed by atoms with Gasteiger partial charge >= 0.3 is 6.55 Å². The summed E-state index contributed by atoms with van der Waals surface area (Å²) >= 11 is 0. The fourth-order valence-electron chi connectivity index (χ4n) is 2.72. The molecule has 0 fully saturated rings. The topological polar surface area (TPSA) is 39.1 Å². The molecule has 6 heteroatoms. The first-order valence-electron chi connectivity index (χ1n) is 8.50. The minimum Gasteiger partial charge on any atom is -0.457 e. The maximum Gasteiger partial charge on any atom is 0.333 e. The SMILES string of the molecule is CCC(Nc1cn(C(F)F)nc1C)c1ccc(Oc2ccccc2)cc1. The molecule has 1 heterocycles. The van der Waals surface area contributed by atoms with E-state index in [2.05, 4.69) is 10.4 Å². The molecule has 0 bridgehead atoms. The second kappa shape index (κ2) is 7.99. The molecule has 136 valence electrons. The van der Waals surface area contributed by atoms with Gasteiger partial charge in [0.05, 0.1) is 23.6 Å². The van der Waals surface area contributed by atoms with Crippen LogP contribution in [0.5, 0.6) is 11.5 Å². The number of ether oxygens (including phenoxy) is 1. The van der Waals surface area contributed by atoms with Gasteiger partial charge in [-0.3, -0.25) is 0 Å². The number of para-hydroxylation sites is 1. The Morgan fingerprint density at radius 3 is 2.27 bits per heavy atom. The Morgan fingerprint density at radius 2 is 1.69 bits per heavy atom. The van der Waals surface area contributed by atoms with Crippen LogP contribution < -0.4 is 10.1 Å². The lowest BCUT2D eigenvalue weighted by Gasteiger charge is -2.18. The number of anilines is 1. The molecule has 0 saturated heterocycles. The normalized spacial score (nSPS) is 12.2. The molecule has 3 rings (SSSR count). The van der Waals surface area contributed by atoms with Gasteiger partial charge in [0, 0.05) is 0 Å². The summed E-state index contributed by atoms with van der Waals surface area (Å²) in [4.78, 5) is 0.